The number of anilines is 2. The Morgan fingerprint density at radius 3 is 2.34 bits per heavy atom. The number of pyridine rings is 1. The second-order valence-corrected chi connectivity index (χ2v) is 18.3. The number of likely N-dealkylation sites (tertiary alicyclic amines) is 2. The van der Waals surface area contributed by atoms with Gasteiger partial charge in [-0.1, -0.05) is 0 Å². The Hall–Kier alpha value is -4.99. The van der Waals surface area contributed by atoms with Gasteiger partial charge in [0.05, 0.1) is 40.8 Å². The molecule has 2 amide bonds. The minimum absolute atomic E-state index is 0.0121. The van der Waals surface area contributed by atoms with E-state index in [1.165, 1.54) is 0 Å². The Morgan fingerprint density at radius 1 is 1.02 bits per heavy atom. The van der Waals surface area contributed by atoms with Crippen LogP contribution >= 0.6 is 11.3 Å². The Bertz CT molecular complexity index is 2360. The third-order valence-electron chi connectivity index (χ3n) is 10.8. The van der Waals surface area contributed by atoms with E-state index in [9.17, 15) is 19.2 Å². The minimum atomic E-state index is -1.01. The summed E-state index contributed by atoms with van der Waals surface area (Å²) in [4.78, 5) is 45.6. The molecule has 2 unspecified atom stereocenters. The van der Waals surface area contributed by atoms with Crippen LogP contribution in [0, 0.1) is 23.0 Å². The Labute approximate surface area is 337 Å². The molecule has 3 fully saturated rings. The first-order chi connectivity index (χ1) is 27.4. The third-order valence-corrected chi connectivity index (χ3v) is 11.9. The molecule has 0 radical (unpaired) electrons. The molecule has 18 heteroatoms. The first-order valence-electron chi connectivity index (χ1n) is 19.3. The van der Waals surface area contributed by atoms with E-state index < -0.39 is 41.2 Å². The Kier molecular flexibility index (Phi) is 10.1. The average molecular weight is 823 g/mol. The number of nitriles is 1. The topological polar surface area (TPSA) is 155 Å². The lowest BCUT2D eigenvalue weighted by atomic mass is 9.93. The van der Waals surface area contributed by atoms with E-state index in [0.717, 1.165) is 30.4 Å². The Morgan fingerprint density at radius 2 is 1.71 bits per heavy atom. The molecule has 0 saturated carbocycles. The molecule has 1 N–H and O–H groups in total. The number of carbonyl (C=O) groups is 2. The van der Waals surface area contributed by atoms with Gasteiger partial charge in [0.2, 0.25) is 0 Å². The molecule has 4 aliphatic heterocycles. The van der Waals surface area contributed by atoms with Crippen LogP contribution in [0.2, 0.25) is 0 Å². The summed E-state index contributed by atoms with van der Waals surface area (Å²) in [6.45, 7) is 11.6. The molecule has 4 aliphatic rings. The fourth-order valence-electron chi connectivity index (χ4n) is 8.44. The van der Waals surface area contributed by atoms with Gasteiger partial charge in [0, 0.05) is 48.7 Å². The van der Waals surface area contributed by atoms with Crippen LogP contribution in [0.4, 0.5) is 33.6 Å². The number of halogens is 3. The molecule has 0 spiro atoms. The van der Waals surface area contributed by atoms with Gasteiger partial charge in [-0.05, 0) is 79.0 Å². The maximum atomic E-state index is 17.7. The van der Waals surface area contributed by atoms with E-state index in [2.05, 4.69) is 26.3 Å². The average Bonchev–Trinajstić information content (AvgIpc) is 3.89. The molecule has 2 bridgehead atoms. The van der Waals surface area contributed by atoms with Gasteiger partial charge < -0.3 is 28.7 Å². The lowest BCUT2D eigenvalue weighted by molar-refractivity contribution is 0.0209. The number of likely N-dealkylation sites (N-methyl/N-ethyl adjacent to an activating group) is 1. The van der Waals surface area contributed by atoms with Crippen LogP contribution in [0.1, 0.15) is 77.5 Å². The van der Waals surface area contributed by atoms with Crippen molar-refractivity contribution in [2.75, 3.05) is 43.5 Å². The van der Waals surface area contributed by atoms with Crippen molar-refractivity contribution in [3.8, 4) is 23.3 Å². The zero-order chi connectivity index (χ0) is 41.4. The van der Waals surface area contributed by atoms with E-state index >= 15 is 8.78 Å². The largest absolute Gasteiger partial charge is 0.462 e. The van der Waals surface area contributed by atoms with Crippen molar-refractivity contribution in [2.24, 2.45) is 0 Å². The summed E-state index contributed by atoms with van der Waals surface area (Å²) in [5.74, 6) is -1.16. The number of fused-ring (bicyclic) bond motifs is 6. The first-order valence-corrected chi connectivity index (χ1v) is 20.1. The van der Waals surface area contributed by atoms with E-state index in [1.54, 1.807) is 25.7 Å². The van der Waals surface area contributed by atoms with Crippen LogP contribution in [0.5, 0.6) is 6.01 Å². The van der Waals surface area contributed by atoms with E-state index in [1.807, 2.05) is 32.7 Å². The number of piperazine rings is 1. The number of benzene rings is 1. The highest BCUT2D eigenvalue weighted by Gasteiger charge is 2.45. The lowest BCUT2D eigenvalue weighted by Crippen LogP contribution is -2.56. The summed E-state index contributed by atoms with van der Waals surface area (Å²) in [5, 5.41) is 13.4. The van der Waals surface area contributed by atoms with E-state index in [4.69, 9.17) is 23.9 Å². The third kappa shape index (κ3) is 7.32. The minimum Gasteiger partial charge on any atom is -0.462 e. The normalized spacial score (nSPS) is 22.1. The number of thiophene rings is 1. The molecule has 0 aliphatic carbocycles. The van der Waals surface area contributed by atoms with Crippen LogP contribution in [0.15, 0.2) is 6.20 Å². The van der Waals surface area contributed by atoms with Crippen molar-refractivity contribution in [2.45, 2.75) is 110 Å². The highest BCUT2D eigenvalue weighted by atomic mass is 32.1. The summed E-state index contributed by atoms with van der Waals surface area (Å²) in [7, 11) is 1.81. The van der Waals surface area contributed by atoms with Gasteiger partial charge in [-0.3, -0.25) is 15.2 Å². The fourth-order valence-corrected chi connectivity index (χ4v) is 9.48. The van der Waals surface area contributed by atoms with Gasteiger partial charge in [-0.2, -0.15) is 15.2 Å². The second-order valence-electron chi connectivity index (χ2n) is 17.3. The van der Waals surface area contributed by atoms with Gasteiger partial charge in [0.1, 0.15) is 46.4 Å². The van der Waals surface area contributed by atoms with Gasteiger partial charge in [0.25, 0.3) is 0 Å². The second kappa shape index (κ2) is 14.7. The molecule has 3 aromatic heterocycles. The predicted octanol–water partition coefficient (Wildman–Crippen LogP) is 7.44. The maximum absolute atomic E-state index is 17.7. The van der Waals surface area contributed by atoms with Crippen LogP contribution < -0.4 is 15.0 Å². The van der Waals surface area contributed by atoms with Gasteiger partial charge in [-0.25, -0.2) is 22.8 Å². The molecular formula is C40H45F3N8O6S. The van der Waals surface area contributed by atoms with Gasteiger partial charge in [-0.15, -0.1) is 11.3 Å². The molecular weight excluding hydrogens is 778 g/mol. The molecule has 4 aromatic rings. The summed E-state index contributed by atoms with van der Waals surface area (Å²) in [5.41, 5.74) is -0.774. The molecule has 8 rings (SSSR count). The highest BCUT2D eigenvalue weighted by molar-refractivity contribution is 7.23. The number of alkyl halides is 1. The molecule has 4 atom stereocenters. The summed E-state index contributed by atoms with van der Waals surface area (Å²) >= 11 is 0.813. The fraction of sp³-hybridized carbons (Fsp3) is 0.550. The number of ether oxygens (including phenoxy) is 4. The molecule has 58 heavy (non-hydrogen) atoms. The molecule has 3 saturated heterocycles. The van der Waals surface area contributed by atoms with E-state index in [-0.39, 0.29) is 94.3 Å². The van der Waals surface area contributed by atoms with Gasteiger partial charge >= 0.3 is 18.2 Å². The van der Waals surface area contributed by atoms with Crippen LogP contribution in [-0.4, -0.2) is 106 Å². The zero-order valence-corrected chi connectivity index (χ0v) is 34.2. The Balaban J connectivity index is 1.28. The van der Waals surface area contributed by atoms with Crippen molar-refractivity contribution in [3.63, 3.8) is 0 Å². The SMILES string of the molecule is CN1C[C@H](F)C[C@H]1COc1nc(N2C3CCC2CN(C(=O)OC(C)(C)C)C3)c2c3c(c(-c4ncc(F)c5sc(NC(=O)OC(C)(C)C)c(C#N)c45)c(F)c2n1)COC3. The molecule has 308 valence electrons. The quantitative estimate of drug-likeness (QED) is 0.206. The highest BCUT2D eigenvalue weighted by Crippen LogP contribution is 2.48. The summed E-state index contributed by atoms with van der Waals surface area (Å²) < 4.78 is 70.9. The van der Waals surface area contributed by atoms with E-state index in [0.29, 0.717) is 35.4 Å². The maximum Gasteiger partial charge on any atom is 0.412 e. The number of amides is 2. The lowest BCUT2D eigenvalue weighted by Gasteiger charge is -2.42. The molecule has 7 heterocycles. The number of aromatic nitrogens is 3. The zero-order valence-electron chi connectivity index (χ0n) is 33.4. The standard InChI is InChI=1S/C40H45F3N8O6S/c1-39(2,3)56-37(52)48-35-23(11-44)28-31(45-12-26(42)33(28)58-35)27-24-17-54-18-25(24)29-32(30(27)43)46-36(55-16-22-10-19(41)13-49(22)7)47-34(29)51-20-8-9-21(51)15-50(14-20)38(53)57-40(4,5)6/h12,19-22H,8-10,13-18H2,1-7H3,(H,48,52)/t19-,20?,21?,22+/m1/s1. The number of carbonyl (C=O) groups excluding carboxylic acids is 2. The summed E-state index contributed by atoms with van der Waals surface area (Å²) in [6.07, 6.45) is 0.419. The van der Waals surface area contributed by atoms with Crippen LogP contribution in [0.25, 0.3) is 32.2 Å². The number of hydrogen-bond donors (Lipinski definition) is 1. The number of nitrogens with zero attached hydrogens (tertiary/aromatic N) is 7. The van der Waals surface area contributed by atoms with Crippen molar-refractivity contribution < 1.29 is 41.7 Å². The van der Waals surface area contributed by atoms with Gasteiger partial charge in [0.15, 0.2) is 11.6 Å². The predicted molar refractivity (Wildman–Crippen MR) is 210 cm³/mol. The molecule has 14 nitrogen and oxygen atoms in total. The number of hydrogen-bond acceptors (Lipinski definition) is 13. The van der Waals surface area contributed by atoms with Crippen molar-refractivity contribution in [1.29, 1.82) is 5.26 Å². The van der Waals surface area contributed by atoms with Crippen LogP contribution in [-0.2, 0) is 27.4 Å². The molecule has 1 aromatic carbocycles. The number of rotatable bonds is 6. The first kappa shape index (κ1) is 39.8. The van der Waals surface area contributed by atoms with Crippen molar-refractivity contribution in [1.82, 2.24) is 24.8 Å². The van der Waals surface area contributed by atoms with Crippen molar-refractivity contribution in [3.05, 3.63) is 34.5 Å². The van der Waals surface area contributed by atoms with Crippen LogP contribution in [0.3, 0.4) is 0 Å². The van der Waals surface area contributed by atoms with Crippen molar-refractivity contribution >= 4 is 55.3 Å². The monoisotopic (exact) mass is 822 g/mol. The smallest absolute Gasteiger partial charge is 0.412 e. The summed E-state index contributed by atoms with van der Waals surface area (Å²) in [6, 6.07) is 1.30. The number of nitrogens with one attached hydrogen (secondary N) is 1.